The molecule has 4 aromatic rings. The molecule has 39 heavy (non-hydrogen) atoms. The summed E-state index contributed by atoms with van der Waals surface area (Å²) in [6.07, 6.45) is 3.17. The number of Topliss-reactive ketones (excluding diaryl/α,β-unsaturated/α-hetero) is 2. The molecule has 0 fully saturated rings. The van der Waals surface area contributed by atoms with Crippen molar-refractivity contribution in [1.29, 1.82) is 0 Å². The number of aliphatic hydroxyl groups is 1. The van der Waals surface area contributed by atoms with Crippen LogP contribution in [0.15, 0.2) is 60.0 Å². The average molecular weight is 525 g/mol. The van der Waals surface area contributed by atoms with Crippen LogP contribution in [-0.2, 0) is 27.2 Å². The molecule has 6 nitrogen and oxygen atoms in total. The van der Waals surface area contributed by atoms with E-state index in [9.17, 15) is 14.7 Å². The molecule has 3 N–H and O–H groups in total. The van der Waals surface area contributed by atoms with Crippen LogP contribution in [-0.4, -0.2) is 33.8 Å². The van der Waals surface area contributed by atoms with Crippen molar-refractivity contribution in [2.24, 2.45) is 11.8 Å². The fraction of sp³-hybridized carbons (Fsp3) is 0.333. The third-order valence-corrected chi connectivity index (χ3v) is 7.55. The SMILES string of the molecule is COC1=C(c2c(CCC(C)C)[nH]c3ccccc23)C(=O)C(O)=C(c2c(CCC(C)C)[nH]c3ccccc23)C1=O. The summed E-state index contributed by atoms with van der Waals surface area (Å²) in [4.78, 5) is 35.1. The number of nitrogens with one attached hydrogen (secondary N) is 2. The summed E-state index contributed by atoms with van der Waals surface area (Å²) >= 11 is 0. The number of allylic oxidation sites excluding steroid dienone is 2. The number of carbonyl (C=O) groups is 2. The molecule has 202 valence electrons. The molecule has 6 heteroatoms. The van der Waals surface area contributed by atoms with Gasteiger partial charge >= 0.3 is 0 Å². The number of carbonyl (C=O) groups excluding carboxylic acids is 2. The van der Waals surface area contributed by atoms with Crippen LogP contribution in [0.1, 0.15) is 63.1 Å². The monoisotopic (exact) mass is 524 g/mol. The Balaban J connectivity index is 1.71. The normalized spacial score (nSPS) is 14.6. The van der Waals surface area contributed by atoms with Crippen molar-refractivity contribution in [2.45, 2.75) is 53.4 Å². The first-order valence-corrected chi connectivity index (χ1v) is 13.7. The zero-order valence-electron chi connectivity index (χ0n) is 23.3. The number of rotatable bonds is 9. The van der Waals surface area contributed by atoms with E-state index in [2.05, 4.69) is 37.7 Å². The van der Waals surface area contributed by atoms with Crippen molar-refractivity contribution < 1.29 is 19.4 Å². The van der Waals surface area contributed by atoms with Crippen LogP contribution >= 0.6 is 0 Å². The second kappa shape index (κ2) is 10.6. The first-order chi connectivity index (χ1) is 18.7. The lowest BCUT2D eigenvalue weighted by molar-refractivity contribution is -0.117. The van der Waals surface area contributed by atoms with Crippen LogP contribution in [0.5, 0.6) is 0 Å². The minimum Gasteiger partial charge on any atom is -0.504 e. The molecule has 0 amide bonds. The summed E-state index contributed by atoms with van der Waals surface area (Å²) in [6, 6.07) is 15.4. The number of aryl methyl sites for hydroxylation is 2. The lowest BCUT2D eigenvalue weighted by Crippen LogP contribution is -2.24. The first-order valence-electron chi connectivity index (χ1n) is 13.7. The van der Waals surface area contributed by atoms with Gasteiger partial charge in [0.25, 0.3) is 0 Å². The number of aromatic amines is 2. The highest BCUT2D eigenvalue weighted by atomic mass is 16.5. The van der Waals surface area contributed by atoms with Crippen LogP contribution in [0, 0.1) is 11.8 Å². The van der Waals surface area contributed by atoms with Gasteiger partial charge in [-0.3, -0.25) is 9.59 Å². The van der Waals surface area contributed by atoms with E-state index in [1.807, 2.05) is 48.5 Å². The van der Waals surface area contributed by atoms with Gasteiger partial charge in [-0.05, 0) is 49.7 Å². The van der Waals surface area contributed by atoms with E-state index in [1.165, 1.54) is 7.11 Å². The molecule has 0 unspecified atom stereocenters. The Hall–Kier alpha value is -4.06. The van der Waals surface area contributed by atoms with Gasteiger partial charge in [-0.1, -0.05) is 64.1 Å². The predicted octanol–water partition coefficient (Wildman–Crippen LogP) is 7.31. The molecule has 1 aliphatic carbocycles. The maximum absolute atomic E-state index is 14.2. The summed E-state index contributed by atoms with van der Waals surface area (Å²) in [7, 11) is 1.41. The van der Waals surface area contributed by atoms with Crippen LogP contribution in [0.25, 0.3) is 33.0 Å². The van der Waals surface area contributed by atoms with Crippen LogP contribution in [0.4, 0.5) is 0 Å². The van der Waals surface area contributed by atoms with Gasteiger partial charge in [0.15, 0.2) is 11.5 Å². The standard InChI is InChI=1S/C33H36N2O4/c1-18(2)14-16-24-26(20-10-6-8-12-22(20)34-24)28-30(36)31(37)29(33(39-5)32(28)38)27-21-11-7-9-13-23(21)35-25(27)17-15-19(3)4/h6-13,18-19,34-36H,14-17H2,1-5H3. The van der Waals surface area contributed by atoms with Crippen molar-refractivity contribution in [3.63, 3.8) is 0 Å². The third kappa shape index (κ3) is 4.69. The first kappa shape index (κ1) is 26.5. The van der Waals surface area contributed by atoms with E-state index < -0.39 is 17.3 Å². The molecular weight excluding hydrogens is 488 g/mol. The van der Waals surface area contributed by atoms with E-state index >= 15 is 0 Å². The molecule has 2 heterocycles. The van der Waals surface area contributed by atoms with Gasteiger partial charge in [-0.15, -0.1) is 0 Å². The number of H-pyrrole nitrogens is 2. The van der Waals surface area contributed by atoms with Gasteiger partial charge in [0, 0.05) is 44.3 Å². The maximum Gasteiger partial charge on any atom is 0.232 e. The second-order valence-electron chi connectivity index (χ2n) is 11.2. The lowest BCUT2D eigenvalue weighted by Gasteiger charge is -2.22. The Bertz CT molecular complexity index is 1640. The number of aromatic nitrogens is 2. The topological polar surface area (TPSA) is 95.2 Å². The number of methoxy groups -OCH3 is 1. The summed E-state index contributed by atoms with van der Waals surface area (Å²) < 4.78 is 5.71. The van der Waals surface area contributed by atoms with Crippen molar-refractivity contribution in [1.82, 2.24) is 9.97 Å². The van der Waals surface area contributed by atoms with Gasteiger partial charge in [-0.2, -0.15) is 0 Å². The summed E-state index contributed by atoms with van der Waals surface area (Å²) in [6.45, 7) is 8.59. The maximum atomic E-state index is 14.2. The van der Waals surface area contributed by atoms with Crippen LogP contribution in [0.3, 0.4) is 0 Å². The van der Waals surface area contributed by atoms with Gasteiger partial charge in [0.2, 0.25) is 11.6 Å². The molecular formula is C33H36N2O4. The number of aliphatic hydroxyl groups excluding tert-OH is 1. The van der Waals surface area contributed by atoms with Crippen LogP contribution < -0.4 is 0 Å². The molecule has 2 aromatic heterocycles. The number of para-hydroxylation sites is 2. The fourth-order valence-electron chi connectivity index (χ4n) is 5.53. The Morgan fingerprint density at radius 1 is 0.718 bits per heavy atom. The van der Waals surface area contributed by atoms with E-state index in [0.29, 0.717) is 35.8 Å². The Kier molecular flexibility index (Phi) is 7.21. The van der Waals surface area contributed by atoms with E-state index in [4.69, 9.17) is 4.74 Å². The molecule has 5 rings (SSSR count). The van der Waals surface area contributed by atoms with Gasteiger partial charge in [0.05, 0.1) is 18.3 Å². The molecule has 0 spiro atoms. The largest absolute Gasteiger partial charge is 0.504 e. The molecule has 0 bridgehead atoms. The number of ether oxygens (including phenoxy) is 1. The summed E-state index contributed by atoms with van der Waals surface area (Å²) in [5.41, 5.74) is 4.74. The van der Waals surface area contributed by atoms with Crippen molar-refractivity contribution in [3.05, 3.63) is 82.6 Å². The molecule has 1 aliphatic rings. The number of benzene rings is 2. The fourth-order valence-corrected chi connectivity index (χ4v) is 5.53. The smallest absolute Gasteiger partial charge is 0.232 e. The average Bonchev–Trinajstić information content (AvgIpc) is 3.46. The van der Waals surface area contributed by atoms with Gasteiger partial charge in [0.1, 0.15) is 0 Å². The van der Waals surface area contributed by atoms with Gasteiger partial charge in [-0.25, -0.2) is 0 Å². The minimum atomic E-state index is -0.600. The molecule has 0 atom stereocenters. The van der Waals surface area contributed by atoms with Crippen LogP contribution in [0.2, 0.25) is 0 Å². The molecule has 0 saturated carbocycles. The van der Waals surface area contributed by atoms with E-state index in [0.717, 1.165) is 46.0 Å². The number of hydrogen-bond acceptors (Lipinski definition) is 4. The number of fused-ring (bicyclic) bond motifs is 2. The highest BCUT2D eigenvalue weighted by Crippen LogP contribution is 2.42. The zero-order chi connectivity index (χ0) is 27.8. The molecule has 0 aliphatic heterocycles. The van der Waals surface area contributed by atoms with E-state index in [1.54, 1.807) is 0 Å². The highest BCUT2D eigenvalue weighted by molar-refractivity contribution is 6.48. The third-order valence-electron chi connectivity index (χ3n) is 7.55. The van der Waals surface area contributed by atoms with Crippen molar-refractivity contribution >= 4 is 44.5 Å². The van der Waals surface area contributed by atoms with Gasteiger partial charge < -0.3 is 19.8 Å². The predicted molar refractivity (Wildman–Crippen MR) is 156 cm³/mol. The quantitative estimate of drug-likeness (QED) is 0.200. The summed E-state index contributed by atoms with van der Waals surface area (Å²) in [5, 5.41) is 13.1. The number of ketones is 2. The van der Waals surface area contributed by atoms with Crippen molar-refractivity contribution in [3.8, 4) is 0 Å². The minimum absolute atomic E-state index is 0.000350. The molecule has 2 aromatic carbocycles. The van der Waals surface area contributed by atoms with Crippen molar-refractivity contribution in [2.75, 3.05) is 7.11 Å². The lowest BCUT2D eigenvalue weighted by atomic mass is 9.83. The Morgan fingerprint density at radius 3 is 1.64 bits per heavy atom. The number of hydrogen-bond donors (Lipinski definition) is 3. The Morgan fingerprint density at radius 2 is 1.18 bits per heavy atom. The van der Waals surface area contributed by atoms with E-state index in [-0.39, 0.29) is 16.9 Å². The highest BCUT2D eigenvalue weighted by Gasteiger charge is 2.40. The molecule has 0 radical (unpaired) electrons. The molecule has 0 saturated heterocycles. The summed E-state index contributed by atoms with van der Waals surface area (Å²) in [5.74, 6) is -0.759. The second-order valence-corrected chi connectivity index (χ2v) is 11.2. The Labute approximate surface area is 228 Å². The zero-order valence-corrected chi connectivity index (χ0v) is 23.3.